The van der Waals surface area contributed by atoms with Crippen LogP contribution in [0.25, 0.3) is 5.69 Å². The van der Waals surface area contributed by atoms with E-state index < -0.39 is 61.1 Å². The van der Waals surface area contributed by atoms with Gasteiger partial charge in [0.25, 0.3) is 10.0 Å². The summed E-state index contributed by atoms with van der Waals surface area (Å²) in [5.74, 6) is -2.73. The van der Waals surface area contributed by atoms with Crippen LogP contribution in [-0.2, 0) is 27.8 Å². The summed E-state index contributed by atoms with van der Waals surface area (Å²) in [7, 11) is -4.33. The molecular formula is C15H13Cl2F2N3O5S. The van der Waals surface area contributed by atoms with E-state index in [-0.39, 0.29) is 23.0 Å². The second-order valence-electron chi connectivity index (χ2n) is 6.06. The Labute approximate surface area is 167 Å². The predicted octanol–water partition coefficient (Wildman–Crippen LogP) is 1.91. The fourth-order valence-electron chi connectivity index (χ4n) is 3.07. The molecule has 0 unspecified atom stereocenters. The molecule has 152 valence electrons. The van der Waals surface area contributed by atoms with E-state index in [4.69, 9.17) is 23.2 Å². The fourth-order valence-corrected chi connectivity index (χ4v) is 4.59. The van der Waals surface area contributed by atoms with Gasteiger partial charge in [-0.1, -0.05) is 11.6 Å². The third-order valence-electron chi connectivity index (χ3n) is 4.19. The highest BCUT2D eigenvalue weighted by atomic mass is 35.5. The Morgan fingerprint density at radius 2 is 2.07 bits per heavy atom. The zero-order valence-electron chi connectivity index (χ0n) is 14.2. The number of anilines is 1. The molecule has 0 radical (unpaired) electrons. The molecule has 1 aromatic heterocycles. The Hall–Kier alpha value is -2.11. The van der Waals surface area contributed by atoms with Gasteiger partial charge in [-0.2, -0.15) is 0 Å². The van der Waals surface area contributed by atoms with E-state index in [9.17, 15) is 31.9 Å². The van der Waals surface area contributed by atoms with Crippen molar-refractivity contribution in [3.05, 3.63) is 39.2 Å². The van der Waals surface area contributed by atoms with Crippen LogP contribution in [0.4, 0.5) is 14.5 Å². The van der Waals surface area contributed by atoms with Crippen LogP contribution >= 0.6 is 23.2 Å². The average Bonchev–Trinajstić information content (AvgIpc) is 3.08. The standard InChI is InChI=1S/C15H13Cl2F2N3O5S/c1-7(23)22(28(26,27)6-16)11-4-12(10(19)3-9(11)17)21-14(24)13-2-8(18)5-20(13)15(21)25/h3-4,8,24H,2,5-6H2,1H3/t8-/m0/s1. The third-order valence-corrected chi connectivity index (χ3v) is 6.61. The predicted molar refractivity (Wildman–Crippen MR) is 98.1 cm³/mol. The molecule has 0 spiro atoms. The summed E-state index contributed by atoms with van der Waals surface area (Å²) in [6.07, 6.45) is -1.60. The highest BCUT2D eigenvalue weighted by molar-refractivity contribution is 7.94. The van der Waals surface area contributed by atoms with E-state index in [1.54, 1.807) is 0 Å². The number of halogens is 4. The molecule has 0 saturated heterocycles. The van der Waals surface area contributed by atoms with E-state index >= 15 is 0 Å². The number of rotatable bonds is 4. The van der Waals surface area contributed by atoms with Crippen LogP contribution in [0.1, 0.15) is 12.6 Å². The third kappa shape index (κ3) is 3.16. The van der Waals surface area contributed by atoms with E-state index in [1.807, 2.05) is 0 Å². The van der Waals surface area contributed by atoms with Crippen molar-refractivity contribution < 1.29 is 27.1 Å². The summed E-state index contributed by atoms with van der Waals surface area (Å²) in [5.41, 5.74) is -1.96. The minimum Gasteiger partial charge on any atom is -0.493 e. The first-order valence-corrected chi connectivity index (χ1v) is 10.3. The number of amides is 1. The molecule has 0 fully saturated rings. The molecule has 8 nitrogen and oxygen atoms in total. The van der Waals surface area contributed by atoms with Crippen LogP contribution in [0.15, 0.2) is 16.9 Å². The largest absolute Gasteiger partial charge is 0.493 e. The molecule has 2 aromatic rings. The molecule has 0 aliphatic carbocycles. The van der Waals surface area contributed by atoms with Crippen molar-refractivity contribution in [2.45, 2.75) is 26.1 Å². The topological polar surface area (TPSA) is 102 Å². The molecule has 1 atom stereocenters. The van der Waals surface area contributed by atoms with Gasteiger partial charge in [0.1, 0.15) is 17.2 Å². The molecule has 1 aromatic carbocycles. The Bertz CT molecular complexity index is 1150. The van der Waals surface area contributed by atoms with Gasteiger partial charge in [0.05, 0.1) is 28.6 Å². The second kappa shape index (κ2) is 7.05. The first kappa shape index (κ1) is 20.6. The molecule has 1 aliphatic heterocycles. The van der Waals surface area contributed by atoms with Crippen LogP contribution < -0.4 is 9.99 Å². The molecule has 0 saturated carbocycles. The maximum absolute atomic E-state index is 14.5. The lowest BCUT2D eigenvalue weighted by Crippen LogP contribution is -2.36. The molecule has 3 rings (SSSR count). The maximum Gasteiger partial charge on any atom is 0.336 e. The number of benzene rings is 1. The molecule has 0 bridgehead atoms. The fraction of sp³-hybridized carbons (Fsp3) is 0.333. The minimum atomic E-state index is -4.33. The Morgan fingerprint density at radius 3 is 2.61 bits per heavy atom. The summed E-state index contributed by atoms with van der Waals surface area (Å²) >= 11 is 11.3. The van der Waals surface area contributed by atoms with Crippen LogP contribution in [0.3, 0.4) is 0 Å². The van der Waals surface area contributed by atoms with Crippen LogP contribution in [0.5, 0.6) is 5.88 Å². The molecule has 13 heteroatoms. The zero-order valence-corrected chi connectivity index (χ0v) is 16.5. The van der Waals surface area contributed by atoms with Gasteiger partial charge in [-0.25, -0.2) is 30.9 Å². The molecule has 1 amide bonds. The number of aromatic nitrogens is 2. The number of fused-ring (bicyclic) bond motifs is 1. The lowest BCUT2D eigenvalue weighted by Gasteiger charge is -2.22. The van der Waals surface area contributed by atoms with Gasteiger partial charge in [0, 0.05) is 13.3 Å². The van der Waals surface area contributed by atoms with Gasteiger partial charge in [-0.05, 0) is 12.1 Å². The van der Waals surface area contributed by atoms with Crippen molar-refractivity contribution in [1.29, 1.82) is 0 Å². The lowest BCUT2D eigenvalue weighted by atomic mass is 10.2. The Balaban J connectivity index is 2.27. The normalized spacial score (nSPS) is 16.2. The summed E-state index contributed by atoms with van der Waals surface area (Å²) in [6, 6.07) is 1.52. The highest BCUT2D eigenvalue weighted by Gasteiger charge is 2.33. The summed E-state index contributed by atoms with van der Waals surface area (Å²) in [6.45, 7) is 0.623. The van der Waals surface area contributed by atoms with Crippen molar-refractivity contribution in [2.24, 2.45) is 0 Å². The zero-order chi connectivity index (χ0) is 21.0. The summed E-state index contributed by atoms with van der Waals surface area (Å²) in [4.78, 5) is 24.4. The van der Waals surface area contributed by atoms with Gasteiger partial charge in [-0.15, -0.1) is 11.6 Å². The quantitative estimate of drug-likeness (QED) is 0.709. The van der Waals surface area contributed by atoms with Crippen molar-refractivity contribution >= 4 is 44.8 Å². The van der Waals surface area contributed by atoms with Gasteiger partial charge >= 0.3 is 5.69 Å². The van der Waals surface area contributed by atoms with E-state index in [2.05, 4.69) is 0 Å². The van der Waals surface area contributed by atoms with E-state index in [0.29, 0.717) is 10.6 Å². The number of carbonyl (C=O) groups is 1. The maximum atomic E-state index is 14.5. The first-order chi connectivity index (χ1) is 13.0. The number of hydrogen-bond acceptors (Lipinski definition) is 5. The number of aromatic hydroxyl groups is 1. The molecule has 2 heterocycles. The summed E-state index contributed by atoms with van der Waals surface area (Å²) < 4.78 is 54.2. The second-order valence-corrected chi connectivity index (χ2v) is 8.87. The van der Waals surface area contributed by atoms with Gasteiger partial charge in [0.15, 0.2) is 0 Å². The Kier molecular flexibility index (Phi) is 5.19. The van der Waals surface area contributed by atoms with Crippen molar-refractivity contribution in [1.82, 2.24) is 9.13 Å². The van der Waals surface area contributed by atoms with Crippen molar-refractivity contribution in [3.63, 3.8) is 0 Å². The Morgan fingerprint density at radius 1 is 1.43 bits per heavy atom. The van der Waals surface area contributed by atoms with E-state index in [1.165, 1.54) is 0 Å². The van der Waals surface area contributed by atoms with Gasteiger partial charge in [-0.3, -0.25) is 9.36 Å². The minimum absolute atomic E-state index is 0.0230. The van der Waals surface area contributed by atoms with Crippen LogP contribution in [0, 0.1) is 5.82 Å². The lowest BCUT2D eigenvalue weighted by molar-refractivity contribution is -0.115. The van der Waals surface area contributed by atoms with Crippen LogP contribution in [0.2, 0.25) is 5.02 Å². The number of imidazole rings is 1. The van der Waals surface area contributed by atoms with Crippen LogP contribution in [-0.4, -0.2) is 39.9 Å². The molecule has 1 aliphatic rings. The number of nitrogens with zero attached hydrogens (tertiary/aromatic N) is 3. The number of hydrogen-bond donors (Lipinski definition) is 1. The van der Waals surface area contributed by atoms with Crippen molar-refractivity contribution in [2.75, 3.05) is 9.52 Å². The number of carbonyl (C=O) groups excluding carboxylic acids is 1. The first-order valence-electron chi connectivity index (χ1n) is 7.76. The van der Waals surface area contributed by atoms with E-state index in [0.717, 1.165) is 17.6 Å². The highest BCUT2D eigenvalue weighted by Crippen LogP contribution is 2.35. The van der Waals surface area contributed by atoms with Gasteiger partial charge < -0.3 is 5.11 Å². The molecule has 1 N–H and O–H groups in total. The smallest absolute Gasteiger partial charge is 0.336 e. The summed E-state index contributed by atoms with van der Waals surface area (Å²) in [5, 5.41) is 8.90. The average molecular weight is 456 g/mol. The SMILES string of the molecule is CC(=O)N(c1cc(-n2c(O)c3n(c2=O)C[C@@H](F)C3)c(F)cc1Cl)S(=O)(=O)CCl. The van der Waals surface area contributed by atoms with Gasteiger partial charge in [0.2, 0.25) is 11.8 Å². The number of alkyl halides is 2. The number of sulfonamides is 1. The monoisotopic (exact) mass is 455 g/mol. The molecule has 28 heavy (non-hydrogen) atoms. The van der Waals surface area contributed by atoms with Crippen molar-refractivity contribution in [3.8, 4) is 11.6 Å². The molecular weight excluding hydrogens is 443 g/mol.